The van der Waals surface area contributed by atoms with Gasteiger partial charge < -0.3 is 20.2 Å². The minimum Gasteiger partial charge on any atom is -0.494 e. The van der Waals surface area contributed by atoms with Crippen LogP contribution in [-0.2, 0) is 18.9 Å². The molecule has 0 atom stereocenters. The standard InChI is InChI=1S/C16H17FN6O5/c1-22-13(18)12(14(25)23(2)16(22)26)19-6-11(24)21-15-20-8-5-9(27-3)7(17)4-10(8)28-15/h4-5,19H,6,18H2,1-3H3,(H,20,21,24). The molecular weight excluding hydrogens is 375 g/mol. The Morgan fingerprint density at radius 2 is 2.04 bits per heavy atom. The molecule has 0 fully saturated rings. The number of hydrogen-bond acceptors (Lipinski definition) is 8. The predicted molar refractivity (Wildman–Crippen MR) is 99.0 cm³/mol. The summed E-state index contributed by atoms with van der Waals surface area (Å²) in [7, 11) is 4.00. The molecule has 0 aliphatic rings. The molecule has 0 spiro atoms. The first-order valence-electron chi connectivity index (χ1n) is 7.96. The summed E-state index contributed by atoms with van der Waals surface area (Å²) in [6, 6.07) is 2.26. The van der Waals surface area contributed by atoms with Crippen molar-refractivity contribution >= 4 is 34.5 Å². The van der Waals surface area contributed by atoms with Crippen LogP contribution in [0, 0.1) is 5.82 Å². The number of nitrogen functional groups attached to an aromatic ring is 1. The maximum Gasteiger partial charge on any atom is 0.332 e. The third-order valence-electron chi connectivity index (χ3n) is 4.04. The summed E-state index contributed by atoms with van der Waals surface area (Å²) in [6.07, 6.45) is 0. The van der Waals surface area contributed by atoms with Crippen molar-refractivity contribution in [3.8, 4) is 5.75 Å². The lowest BCUT2D eigenvalue weighted by Crippen LogP contribution is -2.40. The van der Waals surface area contributed by atoms with Gasteiger partial charge in [-0.05, 0) is 0 Å². The van der Waals surface area contributed by atoms with Gasteiger partial charge in [0.1, 0.15) is 17.0 Å². The molecule has 3 aromatic rings. The lowest BCUT2D eigenvalue weighted by Gasteiger charge is -2.12. The van der Waals surface area contributed by atoms with Crippen molar-refractivity contribution in [3.63, 3.8) is 0 Å². The molecule has 4 N–H and O–H groups in total. The third kappa shape index (κ3) is 3.26. The smallest absolute Gasteiger partial charge is 0.332 e. The number of aromatic nitrogens is 3. The van der Waals surface area contributed by atoms with E-state index < -0.39 is 23.0 Å². The Kier molecular flexibility index (Phi) is 4.78. The van der Waals surface area contributed by atoms with Gasteiger partial charge in [0.15, 0.2) is 17.1 Å². The number of carbonyl (C=O) groups is 1. The normalized spacial score (nSPS) is 10.9. The number of carbonyl (C=O) groups excluding carboxylic acids is 1. The molecule has 0 saturated heterocycles. The van der Waals surface area contributed by atoms with Crippen LogP contribution in [-0.4, -0.2) is 33.7 Å². The summed E-state index contributed by atoms with van der Waals surface area (Å²) in [5.74, 6) is -1.35. The summed E-state index contributed by atoms with van der Waals surface area (Å²) >= 11 is 0. The number of nitrogens with two attached hydrogens (primary N) is 1. The first kappa shape index (κ1) is 18.9. The summed E-state index contributed by atoms with van der Waals surface area (Å²) in [5, 5.41) is 4.97. The number of rotatable bonds is 5. The molecule has 2 heterocycles. The molecule has 0 radical (unpaired) electrons. The fourth-order valence-electron chi connectivity index (χ4n) is 2.50. The molecule has 1 amide bonds. The minimum absolute atomic E-state index is 0.0126. The second-order valence-corrected chi connectivity index (χ2v) is 5.84. The molecule has 11 nitrogen and oxygen atoms in total. The Morgan fingerprint density at radius 3 is 2.71 bits per heavy atom. The highest BCUT2D eigenvalue weighted by atomic mass is 19.1. The first-order valence-corrected chi connectivity index (χ1v) is 7.96. The molecular formula is C16H17FN6O5. The zero-order valence-corrected chi connectivity index (χ0v) is 15.2. The van der Waals surface area contributed by atoms with Gasteiger partial charge in [-0.3, -0.25) is 24.0 Å². The van der Waals surface area contributed by atoms with E-state index in [1.165, 1.54) is 27.3 Å². The number of ether oxygens (including phenoxy) is 1. The van der Waals surface area contributed by atoms with E-state index >= 15 is 0 Å². The zero-order valence-electron chi connectivity index (χ0n) is 15.2. The molecule has 3 rings (SSSR count). The molecule has 1 aromatic carbocycles. The van der Waals surface area contributed by atoms with Crippen LogP contribution in [0.1, 0.15) is 0 Å². The predicted octanol–water partition coefficient (Wildman–Crippen LogP) is 0.00570. The zero-order chi connectivity index (χ0) is 20.6. The number of methoxy groups -OCH3 is 1. The Balaban J connectivity index is 1.76. The van der Waals surface area contributed by atoms with Crippen LogP contribution in [0.2, 0.25) is 0 Å². The molecule has 28 heavy (non-hydrogen) atoms. The van der Waals surface area contributed by atoms with E-state index in [2.05, 4.69) is 15.6 Å². The summed E-state index contributed by atoms with van der Waals surface area (Å²) < 4.78 is 25.8. The number of hydrogen-bond donors (Lipinski definition) is 3. The molecule has 12 heteroatoms. The number of nitrogens with zero attached hydrogens (tertiary/aromatic N) is 3. The summed E-state index contributed by atoms with van der Waals surface area (Å²) in [6.45, 7) is -0.353. The minimum atomic E-state index is -0.669. The maximum atomic E-state index is 13.7. The van der Waals surface area contributed by atoms with E-state index in [0.717, 1.165) is 15.2 Å². The van der Waals surface area contributed by atoms with Crippen molar-refractivity contribution in [3.05, 3.63) is 38.8 Å². The number of anilines is 3. The highest BCUT2D eigenvalue weighted by Crippen LogP contribution is 2.26. The number of fused-ring (bicyclic) bond motifs is 1. The van der Waals surface area contributed by atoms with E-state index in [9.17, 15) is 18.8 Å². The van der Waals surface area contributed by atoms with E-state index in [0.29, 0.717) is 0 Å². The van der Waals surface area contributed by atoms with Gasteiger partial charge in [-0.2, -0.15) is 4.98 Å². The van der Waals surface area contributed by atoms with E-state index in [1.54, 1.807) is 0 Å². The van der Waals surface area contributed by atoms with Gasteiger partial charge in [-0.1, -0.05) is 0 Å². The highest BCUT2D eigenvalue weighted by molar-refractivity contribution is 5.93. The summed E-state index contributed by atoms with van der Waals surface area (Å²) in [4.78, 5) is 40.1. The lowest BCUT2D eigenvalue weighted by atomic mass is 10.3. The average molecular weight is 392 g/mol. The first-order chi connectivity index (χ1) is 13.2. The van der Waals surface area contributed by atoms with Crippen LogP contribution in [0.4, 0.5) is 21.9 Å². The van der Waals surface area contributed by atoms with Crippen molar-refractivity contribution < 1.29 is 18.3 Å². The van der Waals surface area contributed by atoms with Crippen LogP contribution < -0.4 is 32.4 Å². The average Bonchev–Trinajstić information content (AvgIpc) is 3.04. The number of benzene rings is 1. The lowest BCUT2D eigenvalue weighted by molar-refractivity contribution is -0.114. The van der Waals surface area contributed by atoms with Crippen molar-refractivity contribution in [1.29, 1.82) is 0 Å². The molecule has 0 saturated carbocycles. The molecule has 0 aliphatic carbocycles. The fraction of sp³-hybridized carbons (Fsp3) is 0.250. The van der Waals surface area contributed by atoms with E-state index in [1.807, 2.05) is 0 Å². The van der Waals surface area contributed by atoms with Crippen LogP contribution in [0.3, 0.4) is 0 Å². The van der Waals surface area contributed by atoms with Crippen LogP contribution in [0.15, 0.2) is 26.1 Å². The number of nitrogens with one attached hydrogen (secondary N) is 2. The van der Waals surface area contributed by atoms with Gasteiger partial charge >= 0.3 is 11.7 Å². The van der Waals surface area contributed by atoms with Crippen molar-refractivity contribution in [2.24, 2.45) is 14.1 Å². The SMILES string of the molecule is COc1cc2nc(NC(=O)CNc3c(N)n(C)c(=O)n(C)c3=O)oc2cc1F. The van der Waals surface area contributed by atoms with Gasteiger partial charge in [0.25, 0.3) is 5.56 Å². The molecule has 2 aromatic heterocycles. The second-order valence-electron chi connectivity index (χ2n) is 5.84. The van der Waals surface area contributed by atoms with Crippen LogP contribution in [0.25, 0.3) is 11.1 Å². The molecule has 0 unspecified atom stereocenters. The van der Waals surface area contributed by atoms with Gasteiger partial charge in [-0.25, -0.2) is 9.18 Å². The molecule has 148 valence electrons. The topological polar surface area (TPSA) is 146 Å². The molecule has 0 bridgehead atoms. The molecule has 0 aliphatic heterocycles. The quantitative estimate of drug-likeness (QED) is 0.550. The van der Waals surface area contributed by atoms with Gasteiger partial charge in [0, 0.05) is 26.2 Å². The van der Waals surface area contributed by atoms with E-state index in [-0.39, 0.29) is 40.9 Å². The Morgan fingerprint density at radius 1 is 1.32 bits per heavy atom. The largest absolute Gasteiger partial charge is 0.494 e. The number of amides is 1. The summed E-state index contributed by atoms with van der Waals surface area (Å²) in [5.41, 5.74) is 4.82. The van der Waals surface area contributed by atoms with Crippen molar-refractivity contribution in [2.45, 2.75) is 0 Å². The Bertz CT molecular complexity index is 1190. The van der Waals surface area contributed by atoms with Gasteiger partial charge in [-0.15, -0.1) is 0 Å². The van der Waals surface area contributed by atoms with Crippen LogP contribution >= 0.6 is 0 Å². The van der Waals surface area contributed by atoms with Crippen molar-refractivity contribution in [2.75, 3.05) is 30.0 Å². The monoisotopic (exact) mass is 392 g/mol. The van der Waals surface area contributed by atoms with Crippen molar-refractivity contribution in [1.82, 2.24) is 14.1 Å². The van der Waals surface area contributed by atoms with E-state index in [4.69, 9.17) is 14.9 Å². The van der Waals surface area contributed by atoms with Gasteiger partial charge in [0.2, 0.25) is 5.91 Å². The number of oxazole rings is 1. The van der Waals surface area contributed by atoms with Crippen LogP contribution in [0.5, 0.6) is 5.75 Å². The Hall–Kier alpha value is -3.83. The fourth-order valence-corrected chi connectivity index (χ4v) is 2.50. The maximum absolute atomic E-state index is 13.7. The second kappa shape index (κ2) is 7.06. The number of halogens is 1. The van der Waals surface area contributed by atoms with Gasteiger partial charge in [0.05, 0.1) is 13.7 Å². The highest BCUT2D eigenvalue weighted by Gasteiger charge is 2.16. The Labute approximate surface area is 156 Å². The third-order valence-corrected chi connectivity index (χ3v) is 4.04.